The van der Waals surface area contributed by atoms with Crippen LogP contribution in [0.5, 0.6) is 0 Å². The summed E-state index contributed by atoms with van der Waals surface area (Å²) in [6, 6.07) is 3.52. The van der Waals surface area contributed by atoms with Crippen LogP contribution in [0.2, 0.25) is 0 Å². The molecule has 8 nitrogen and oxygen atoms in total. The van der Waals surface area contributed by atoms with E-state index in [-0.39, 0.29) is 17.9 Å². The van der Waals surface area contributed by atoms with Crippen LogP contribution in [0.15, 0.2) is 41.8 Å². The predicted octanol–water partition coefficient (Wildman–Crippen LogP) is 0.199. The van der Waals surface area contributed by atoms with Gasteiger partial charge in [0.05, 0.1) is 17.7 Å². The van der Waals surface area contributed by atoms with Crippen LogP contribution in [-0.2, 0) is 0 Å². The van der Waals surface area contributed by atoms with Crippen LogP contribution < -0.4 is 22.1 Å². The summed E-state index contributed by atoms with van der Waals surface area (Å²) in [7, 11) is 0. The Kier molecular flexibility index (Phi) is 2.52. The second-order valence-electron chi connectivity index (χ2n) is 5.14. The molecule has 8 heteroatoms. The van der Waals surface area contributed by atoms with E-state index in [1.54, 1.807) is 24.7 Å². The highest BCUT2D eigenvalue weighted by atomic mass is 15.3. The maximum absolute atomic E-state index is 6.19. The summed E-state index contributed by atoms with van der Waals surface area (Å²) in [5.74, 6) is 1.19. The van der Waals surface area contributed by atoms with Gasteiger partial charge < -0.3 is 17.2 Å². The van der Waals surface area contributed by atoms with Crippen molar-refractivity contribution in [2.24, 2.45) is 10.7 Å². The van der Waals surface area contributed by atoms with Gasteiger partial charge in [-0.05, 0) is 18.2 Å². The highest BCUT2D eigenvalue weighted by Gasteiger charge is 2.43. The van der Waals surface area contributed by atoms with E-state index in [1.165, 1.54) is 0 Å². The molecule has 0 aromatic carbocycles. The van der Waals surface area contributed by atoms with Gasteiger partial charge in [0, 0.05) is 29.8 Å². The fourth-order valence-electron chi connectivity index (χ4n) is 3.06. The Balaban J connectivity index is 1.96. The molecule has 4 rings (SSSR count). The number of rotatable bonds is 1. The van der Waals surface area contributed by atoms with E-state index in [9.17, 15) is 0 Å². The highest BCUT2D eigenvalue weighted by molar-refractivity contribution is 5.99. The van der Waals surface area contributed by atoms with Crippen LogP contribution in [0.3, 0.4) is 0 Å². The van der Waals surface area contributed by atoms with Gasteiger partial charge in [-0.15, -0.1) is 0 Å². The van der Waals surface area contributed by atoms with Crippen molar-refractivity contribution in [3.8, 4) is 0 Å². The first-order chi connectivity index (χ1) is 10.7. The molecule has 0 amide bonds. The molecule has 0 radical (unpaired) electrons. The van der Waals surface area contributed by atoms with Crippen LogP contribution in [0, 0.1) is 0 Å². The molecule has 110 valence electrons. The molecule has 2 atom stereocenters. The third-order valence-corrected chi connectivity index (χ3v) is 3.93. The van der Waals surface area contributed by atoms with Gasteiger partial charge in [0.2, 0.25) is 11.9 Å². The first kappa shape index (κ1) is 12.6. The number of nitrogen functional groups attached to an aromatic ring is 2. The first-order valence-corrected chi connectivity index (χ1v) is 6.79. The quantitative estimate of drug-likeness (QED) is 0.684. The smallest absolute Gasteiger partial charge is 0.220 e. The first-order valence-electron chi connectivity index (χ1n) is 6.79. The number of nitrogens with zero attached hydrogens (tertiary/aromatic N) is 5. The van der Waals surface area contributed by atoms with Crippen molar-refractivity contribution in [3.63, 3.8) is 0 Å². The Morgan fingerprint density at radius 1 is 1.05 bits per heavy atom. The van der Waals surface area contributed by atoms with E-state index in [0.717, 1.165) is 11.3 Å². The van der Waals surface area contributed by atoms with Gasteiger partial charge in [-0.2, -0.15) is 0 Å². The van der Waals surface area contributed by atoms with Crippen LogP contribution >= 0.6 is 0 Å². The van der Waals surface area contributed by atoms with Gasteiger partial charge in [-0.1, -0.05) is 0 Å². The molecule has 0 saturated carbocycles. The molecule has 0 bridgehead atoms. The summed E-state index contributed by atoms with van der Waals surface area (Å²) in [5.41, 5.74) is 20.3. The number of hydrogen-bond donors (Lipinski definition) is 3. The van der Waals surface area contributed by atoms with Crippen molar-refractivity contribution in [1.29, 1.82) is 0 Å². The van der Waals surface area contributed by atoms with Crippen molar-refractivity contribution < 1.29 is 0 Å². The van der Waals surface area contributed by atoms with Crippen molar-refractivity contribution in [2.75, 3.05) is 16.4 Å². The number of aromatic nitrogens is 3. The van der Waals surface area contributed by atoms with Crippen molar-refractivity contribution in [1.82, 2.24) is 15.0 Å². The van der Waals surface area contributed by atoms with Crippen molar-refractivity contribution >= 4 is 23.4 Å². The molecule has 6 N–H and O–H groups in total. The van der Waals surface area contributed by atoms with Crippen LogP contribution in [0.25, 0.3) is 0 Å². The molecule has 0 saturated heterocycles. The molecule has 2 aromatic heterocycles. The molecule has 0 aliphatic carbocycles. The molecular formula is C14H14N8. The van der Waals surface area contributed by atoms with Gasteiger partial charge in [0.1, 0.15) is 5.82 Å². The van der Waals surface area contributed by atoms with Crippen LogP contribution in [-0.4, -0.2) is 27.0 Å². The molecule has 2 aliphatic heterocycles. The molecule has 4 heterocycles. The van der Waals surface area contributed by atoms with E-state index in [4.69, 9.17) is 17.2 Å². The minimum absolute atomic E-state index is 0.0843. The Morgan fingerprint density at radius 2 is 1.86 bits per heavy atom. The van der Waals surface area contributed by atoms with E-state index in [0.29, 0.717) is 17.5 Å². The average molecular weight is 294 g/mol. The number of guanidine groups is 1. The molecule has 0 spiro atoms. The SMILES string of the molecule is NC1=NC=CC2C(c3ccnc(N)n3)c3c(N)ccnc3N12. The fraction of sp³-hybridized carbons (Fsp3) is 0.143. The lowest BCUT2D eigenvalue weighted by Crippen LogP contribution is -2.44. The largest absolute Gasteiger partial charge is 0.398 e. The van der Waals surface area contributed by atoms with Gasteiger partial charge in [0.25, 0.3) is 0 Å². The van der Waals surface area contributed by atoms with Crippen molar-refractivity contribution in [3.05, 3.63) is 48.1 Å². The lowest BCUT2D eigenvalue weighted by Gasteiger charge is -2.28. The minimum Gasteiger partial charge on any atom is -0.398 e. The Bertz CT molecular complexity index is 812. The van der Waals surface area contributed by atoms with Gasteiger partial charge in [0.15, 0.2) is 0 Å². The Hall–Kier alpha value is -3.16. The Labute approximate surface area is 126 Å². The van der Waals surface area contributed by atoms with Crippen molar-refractivity contribution in [2.45, 2.75) is 12.0 Å². The zero-order valence-electron chi connectivity index (χ0n) is 11.6. The summed E-state index contributed by atoms with van der Waals surface area (Å²) in [6.07, 6.45) is 6.95. The van der Waals surface area contributed by atoms with E-state index < -0.39 is 0 Å². The van der Waals surface area contributed by atoms with Crippen LogP contribution in [0.1, 0.15) is 17.2 Å². The zero-order valence-corrected chi connectivity index (χ0v) is 11.6. The van der Waals surface area contributed by atoms with E-state index in [1.807, 2.05) is 17.0 Å². The lowest BCUT2D eigenvalue weighted by molar-refractivity contribution is 0.709. The number of anilines is 3. The summed E-state index contributed by atoms with van der Waals surface area (Å²) in [4.78, 5) is 18.7. The van der Waals surface area contributed by atoms with Crippen LogP contribution in [0.4, 0.5) is 17.5 Å². The van der Waals surface area contributed by atoms with Gasteiger partial charge in [-0.3, -0.25) is 4.90 Å². The normalized spacial score (nSPS) is 22.2. The number of pyridine rings is 1. The summed E-state index contributed by atoms with van der Waals surface area (Å²) in [5, 5.41) is 0. The maximum atomic E-state index is 6.19. The molecular weight excluding hydrogens is 280 g/mol. The molecule has 2 aliphatic rings. The molecule has 0 fully saturated rings. The average Bonchev–Trinajstić information content (AvgIpc) is 2.84. The highest BCUT2D eigenvalue weighted by Crippen LogP contribution is 2.46. The Morgan fingerprint density at radius 3 is 2.68 bits per heavy atom. The third kappa shape index (κ3) is 1.63. The maximum Gasteiger partial charge on any atom is 0.220 e. The second-order valence-corrected chi connectivity index (χ2v) is 5.14. The third-order valence-electron chi connectivity index (χ3n) is 3.93. The topological polar surface area (TPSA) is 132 Å². The molecule has 2 unspecified atom stereocenters. The van der Waals surface area contributed by atoms with E-state index >= 15 is 0 Å². The number of aliphatic imine (C=N–C) groups is 1. The molecule has 2 aromatic rings. The monoisotopic (exact) mass is 294 g/mol. The summed E-state index contributed by atoms with van der Waals surface area (Å²) >= 11 is 0. The van der Waals surface area contributed by atoms with Gasteiger partial charge in [-0.25, -0.2) is 19.9 Å². The van der Waals surface area contributed by atoms with E-state index in [2.05, 4.69) is 19.9 Å². The summed E-state index contributed by atoms with van der Waals surface area (Å²) < 4.78 is 0. The minimum atomic E-state index is -0.126. The predicted molar refractivity (Wildman–Crippen MR) is 84.0 cm³/mol. The lowest BCUT2D eigenvalue weighted by atomic mass is 9.91. The number of hydrogen-bond acceptors (Lipinski definition) is 8. The number of fused-ring (bicyclic) bond motifs is 3. The second kappa shape index (κ2) is 4.42. The molecule has 22 heavy (non-hydrogen) atoms. The standard InChI is InChI=1S/C14H14N8/c15-7-1-4-18-12-10(7)11(8-2-5-19-13(16)21-8)9-3-6-20-14(17)22(9)12/h1-6,9,11H,(H2,15,18)(H2,17,20)(H2,16,19,21). The zero-order chi connectivity index (χ0) is 15.3. The summed E-state index contributed by atoms with van der Waals surface area (Å²) in [6.45, 7) is 0. The fourth-order valence-corrected chi connectivity index (χ4v) is 3.06. The van der Waals surface area contributed by atoms with Gasteiger partial charge >= 0.3 is 0 Å². The number of nitrogens with two attached hydrogens (primary N) is 3.